The predicted octanol–water partition coefficient (Wildman–Crippen LogP) is 1.48. The van der Waals surface area contributed by atoms with Crippen molar-refractivity contribution in [2.24, 2.45) is 10.8 Å². The molecule has 4 atom stereocenters. The highest BCUT2D eigenvalue weighted by molar-refractivity contribution is 5.88. The van der Waals surface area contributed by atoms with Crippen LogP contribution in [0.2, 0.25) is 0 Å². The fraction of sp³-hybridized carbons (Fsp3) is 0.941. The summed E-state index contributed by atoms with van der Waals surface area (Å²) in [6.07, 6.45) is 6.74. The Labute approximate surface area is 130 Å². The van der Waals surface area contributed by atoms with E-state index in [0.717, 1.165) is 58.5 Å². The summed E-state index contributed by atoms with van der Waals surface area (Å²) in [4.78, 5) is 13.0. The van der Waals surface area contributed by atoms with E-state index in [1.807, 2.05) is 0 Å². The summed E-state index contributed by atoms with van der Waals surface area (Å²) >= 11 is 0. The Morgan fingerprint density at radius 1 is 0.773 bits per heavy atom. The largest absolute Gasteiger partial charge is 0.373 e. The van der Waals surface area contributed by atoms with Gasteiger partial charge >= 0.3 is 0 Å². The maximum atomic E-state index is 13.0. The van der Waals surface area contributed by atoms with Gasteiger partial charge in [0.2, 0.25) is 0 Å². The SMILES string of the molecule is O=C1CCC(CC2CO2)(CC2CO2)C1(CC1CO1)CC1CO1. The van der Waals surface area contributed by atoms with Crippen LogP contribution < -0.4 is 0 Å². The highest BCUT2D eigenvalue weighted by Gasteiger charge is 2.64. The van der Waals surface area contributed by atoms with Crippen LogP contribution >= 0.6 is 0 Å². The van der Waals surface area contributed by atoms with Crippen LogP contribution in [0.25, 0.3) is 0 Å². The van der Waals surface area contributed by atoms with E-state index in [9.17, 15) is 4.79 Å². The third-order valence-electron chi connectivity index (χ3n) is 6.38. The van der Waals surface area contributed by atoms with Crippen molar-refractivity contribution in [3.05, 3.63) is 0 Å². The van der Waals surface area contributed by atoms with E-state index in [2.05, 4.69) is 0 Å². The zero-order chi connectivity index (χ0) is 14.8. The number of carbonyl (C=O) groups excluding carboxylic acids is 1. The molecule has 0 aromatic heterocycles. The molecule has 122 valence electrons. The van der Waals surface area contributed by atoms with Gasteiger partial charge < -0.3 is 18.9 Å². The fourth-order valence-corrected chi connectivity index (χ4v) is 4.94. The van der Waals surface area contributed by atoms with Crippen molar-refractivity contribution in [1.82, 2.24) is 0 Å². The maximum absolute atomic E-state index is 13.0. The normalized spacial score (nSPS) is 51.9. The second-order valence-electron chi connectivity index (χ2n) is 7.92. The smallest absolute Gasteiger partial charge is 0.139 e. The lowest BCUT2D eigenvalue weighted by atomic mass is 9.57. The molecule has 4 aliphatic heterocycles. The molecule has 0 amide bonds. The molecule has 4 unspecified atom stereocenters. The van der Waals surface area contributed by atoms with Gasteiger partial charge in [0.05, 0.1) is 50.8 Å². The molecule has 5 rings (SSSR count). The summed E-state index contributed by atoms with van der Waals surface area (Å²) < 4.78 is 22.2. The van der Waals surface area contributed by atoms with Crippen LogP contribution in [0.5, 0.6) is 0 Å². The molecule has 0 aromatic rings. The minimum absolute atomic E-state index is 0.0321. The molecule has 0 N–H and O–H groups in total. The quantitative estimate of drug-likeness (QED) is 0.635. The van der Waals surface area contributed by atoms with Gasteiger partial charge in [-0.05, 0) is 37.5 Å². The molecule has 5 aliphatic rings. The molecular weight excluding hydrogens is 284 g/mol. The van der Waals surface area contributed by atoms with Crippen molar-refractivity contribution in [1.29, 1.82) is 0 Å². The first-order chi connectivity index (χ1) is 10.7. The van der Waals surface area contributed by atoms with Crippen molar-refractivity contribution < 1.29 is 23.7 Å². The zero-order valence-electron chi connectivity index (χ0n) is 12.9. The highest BCUT2D eigenvalue weighted by atomic mass is 16.6. The Balaban J connectivity index is 1.50. The van der Waals surface area contributed by atoms with Crippen LogP contribution in [-0.4, -0.2) is 56.6 Å². The molecule has 4 heterocycles. The number of carbonyl (C=O) groups is 1. The Morgan fingerprint density at radius 2 is 1.18 bits per heavy atom. The fourth-order valence-electron chi connectivity index (χ4n) is 4.94. The summed E-state index contributed by atoms with van der Waals surface area (Å²) in [6.45, 7) is 3.35. The summed E-state index contributed by atoms with van der Waals surface area (Å²) in [5.41, 5.74) is -0.239. The summed E-state index contributed by atoms with van der Waals surface area (Å²) in [7, 11) is 0. The van der Waals surface area contributed by atoms with Crippen LogP contribution in [0.4, 0.5) is 0 Å². The van der Waals surface area contributed by atoms with Crippen LogP contribution in [0, 0.1) is 10.8 Å². The first-order valence-electron chi connectivity index (χ1n) is 8.69. The summed E-state index contributed by atoms with van der Waals surface area (Å²) in [6, 6.07) is 0. The number of ether oxygens (including phenoxy) is 4. The van der Waals surface area contributed by atoms with E-state index in [0.29, 0.717) is 24.4 Å². The van der Waals surface area contributed by atoms with Crippen molar-refractivity contribution in [2.75, 3.05) is 26.4 Å². The van der Waals surface area contributed by atoms with E-state index in [4.69, 9.17) is 18.9 Å². The average Bonchev–Trinajstić information content (AvgIpc) is 3.32. The topological polar surface area (TPSA) is 67.2 Å². The number of ketones is 1. The number of hydrogen-bond acceptors (Lipinski definition) is 5. The Morgan fingerprint density at radius 3 is 1.59 bits per heavy atom. The second kappa shape index (κ2) is 4.76. The number of rotatable bonds is 8. The van der Waals surface area contributed by atoms with Crippen LogP contribution in [-0.2, 0) is 23.7 Å². The summed E-state index contributed by atoms with van der Waals surface area (Å²) in [5.74, 6) is 0.444. The molecule has 22 heavy (non-hydrogen) atoms. The van der Waals surface area contributed by atoms with Crippen LogP contribution in [0.15, 0.2) is 0 Å². The van der Waals surface area contributed by atoms with Gasteiger partial charge in [0.25, 0.3) is 0 Å². The third kappa shape index (κ3) is 2.42. The van der Waals surface area contributed by atoms with Gasteiger partial charge in [-0.3, -0.25) is 4.79 Å². The van der Waals surface area contributed by atoms with Crippen molar-refractivity contribution >= 4 is 5.78 Å². The van der Waals surface area contributed by atoms with Gasteiger partial charge in [-0.15, -0.1) is 0 Å². The lowest BCUT2D eigenvalue weighted by Gasteiger charge is -2.45. The van der Waals surface area contributed by atoms with Gasteiger partial charge in [-0.1, -0.05) is 0 Å². The van der Waals surface area contributed by atoms with Gasteiger partial charge in [-0.25, -0.2) is 0 Å². The minimum Gasteiger partial charge on any atom is -0.373 e. The molecule has 5 heteroatoms. The number of epoxide rings is 4. The molecule has 0 radical (unpaired) electrons. The van der Waals surface area contributed by atoms with Crippen molar-refractivity contribution in [3.63, 3.8) is 0 Å². The van der Waals surface area contributed by atoms with Crippen LogP contribution in [0.3, 0.4) is 0 Å². The lowest BCUT2D eigenvalue weighted by molar-refractivity contribution is -0.133. The lowest BCUT2D eigenvalue weighted by Crippen LogP contribution is -2.46. The highest BCUT2D eigenvalue weighted by Crippen LogP contribution is 2.63. The Hall–Kier alpha value is -0.490. The predicted molar refractivity (Wildman–Crippen MR) is 76.5 cm³/mol. The third-order valence-corrected chi connectivity index (χ3v) is 6.38. The van der Waals surface area contributed by atoms with Gasteiger partial charge in [-0.2, -0.15) is 0 Å². The number of hydrogen-bond donors (Lipinski definition) is 0. The van der Waals surface area contributed by atoms with Gasteiger partial charge in [0, 0.05) is 11.8 Å². The molecule has 0 aromatic carbocycles. The van der Waals surface area contributed by atoms with E-state index in [1.54, 1.807) is 0 Å². The van der Waals surface area contributed by atoms with Gasteiger partial charge in [0.1, 0.15) is 5.78 Å². The van der Waals surface area contributed by atoms with E-state index < -0.39 is 0 Å². The Kier molecular flexibility index (Phi) is 3.01. The first kappa shape index (κ1) is 13.9. The molecule has 0 bridgehead atoms. The van der Waals surface area contributed by atoms with Gasteiger partial charge in [0.15, 0.2) is 0 Å². The Bertz CT molecular complexity index is 445. The molecule has 1 saturated carbocycles. The van der Waals surface area contributed by atoms with Crippen molar-refractivity contribution in [3.8, 4) is 0 Å². The molecule has 1 aliphatic carbocycles. The zero-order valence-corrected chi connectivity index (χ0v) is 12.9. The molecular formula is C17H24O5. The first-order valence-corrected chi connectivity index (χ1v) is 8.69. The van der Waals surface area contributed by atoms with Crippen molar-refractivity contribution in [2.45, 2.75) is 62.9 Å². The maximum Gasteiger partial charge on any atom is 0.139 e. The van der Waals surface area contributed by atoms with E-state index in [-0.39, 0.29) is 23.0 Å². The summed E-state index contributed by atoms with van der Waals surface area (Å²) in [5, 5.41) is 0. The molecule has 0 spiro atoms. The van der Waals surface area contributed by atoms with E-state index >= 15 is 0 Å². The standard InChI is InChI=1S/C17H24O5/c18-15-1-2-16(3-11-7-19-11,4-12-8-20-12)17(15,5-13-9-21-13)6-14-10-22-14/h11-14H,1-10H2. The monoisotopic (exact) mass is 308 g/mol. The molecule has 5 fully saturated rings. The molecule has 4 saturated heterocycles. The van der Waals surface area contributed by atoms with Crippen LogP contribution in [0.1, 0.15) is 38.5 Å². The number of Topliss-reactive ketones (excluding diaryl/α,β-unsaturated/α-hetero) is 1. The average molecular weight is 308 g/mol. The molecule has 5 nitrogen and oxygen atoms in total. The minimum atomic E-state index is -0.271. The second-order valence-corrected chi connectivity index (χ2v) is 7.92. The van der Waals surface area contributed by atoms with E-state index in [1.165, 1.54) is 0 Å².